The average molecular weight is 289 g/mol. The summed E-state index contributed by atoms with van der Waals surface area (Å²) < 4.78 is 38.2. The van der Waals surface area contributed by atoms with E-state index in [1.54, 1.807) is 26.1 Å². The van der Waals surface area contributed by atoms with Crippen molar-refractivity contribution < 1.29 is 13.2 Å². The van der Waals surface area contributed by atoms with E-state index in [4.69, 9.17) is 0 Å². The minimum atomic E-state index is -4.23. The molecule has 1 aromatic heterocycles. The third-order valence-electron chi connectivity index (χ3n) is 2.87. The second-order valence-electron chi connectivity index (χ2n) is 5.38. The molecule has 0 saturated heterocycles. The lowest BCUT2D eigenvalue weighted by Crippen LogP contribution is -2.40. The number of anilines is 1. The maximum atomic E-state index is 12.7. The van der Waals surface area contributed by atoms with Crippen molar-refractivity contribution in [1.82, 2.24) is 10.3 Å². The predicted octanol–water partition coefficient (Wildman–Crippen LogP) is 3.36. The topological polar surface area (TPSA) is 28.2 Å². The number of hydrogen-bond donors (Lipinski definition) is 1. The lowest BCUT2D eigenvalue weighted by atomic mass is 10.1. The summed E-state index contributed by atoms with van der Waals surface area (Å²) >= 11 is 0. The van der Waals surface area contributed by atoms with Crippen molar-refractivity contribution in [3.63, 3.8) is 0 Å². The molecule has 0 spiro atoms. The fraction of sp³-hybridized carbons (Fsp3) is 0.643. The molecule has 1 aromatic rings. The number of hydrogen-bond acceptors (Lipinski definition) is 3. The Morgan fingerprint density at radius 1 is 1.25 bits per heavy atom. The quantitative estimate of drug-likeness (QED) is 0.870. The van der Waals surface area contributed by atoms with Gasteiger partial charge in [-0.2, -0.15) is 13.2 Å². The first kappa shape index (κ1) is 16.8. The summed E-state index contributed by atoms with van der Waals surface area (Å²) in [5, 5.41) is 3.22. The zero-order valence-electron chi connectivity index (χ0n) is 12.3. The van der Waals surface area contributed by atoms with Crippen molar-refractivity contribution in [3.8, 4) is 0 Å². The van der Waals surface area contributed by atoms with Gasteiger partial charge in [-0.1, -0.05) is 13.8 Å². The first-order valence-electron chi connectivity index (χ1n) is 6.70. The molecule has 0 atom stereocenters. The minimum absolute atomic E-state index is 0.251. The molecule has 20 heavy (non-hydrogen) atoms. The van der Waals surface area contributed by atoms with Crippen LogP contribution in [0, 0.1) is 0 Å². The van der Waals surface area contributed by atoms with E-state index in [9.17, 15) is 13.2 Å². The lowest BCUT2D eigenvalue weighted by molar-refractivity contribution is -0.120. The molecular weight excluding hydrogens is 267 g/mol. The van der Waals surface area contributed by atoms with Crippen LogP contribution in [0.2, 0.25) is 0 Å². The van der Waals surface area contributed by atoms with Crippen molar-refractivity contribution in [3.05, 3.63) is 24.0 Å². The SMILES string of the molecule is CC(C)NCc1ccncc1N(CC(F)(F)F)C(C)C. The molecule has 0 unspecified atom stereocenters. The van der Waals surface area contributed by atoms with E-state index in [1.165, 1.54) is 11.1 Å². The Morgan fingerprint density at radius 3 is 2.40 bits per heavy atom. The molecule has 0 amide bonds. The first-order valence-corrected chi connectivity index (χ1v) is 6.70. The Hall–Kier alpha value is -1.30. The van der Waals surface area contributed by atoms with Crippen molar-refractivity contribution in [2.24, 2.45) is 0 Å². The van der Waals surface area contributed by atoms with E-state index in [-0.39, 0.29) is 12.1 Å². The predicted molar refractivity (Wildman–Crippen MR) is 74.7 cm³/mol. The summed E-state index contributed by atoms with van der Waals surface area (Å²) in [6.07, 6.45) is -1.13. The molecule has 0 aliphatic heterocycles. The van der Waals surface area contributed by atoms with Crippen LogP contribution in [0.3, 0.4) is 0 Å². The van der Waals surface area contributed by atoms with Gasteiger partial charge in [0.05, 0.1) is 11.9 Å². The van der Waals surface area contributed by atoms with Crippen LogP contribution in [0.5, 0.6) is 0 Å². The van der Waals surface area contributed by atoms with E-state index >= 15 is 0 Å². The molecule has 0 bridgehead atoms. The van der Waals surface area contributed by atoms with E-state index in [0.29, 0.717) is 12.2 Å². The van der Waals surface area contributed by atoms with E-state index in [1.807, 2.05) is 13.8 Å². The number of nitrogens with one attached hydrogen (secondary N) is 1. The van der Waals surface area contributed by atoms with Crippen LogP contribution in [0.15, 0.2) is 18.5 Å². The number of nitrogens with zero attached hydrogens (tertiary/aromatic N) is 2. The van der Waals surface area contributed by atoms with Crippen LogP contribution in [0.1, 0.15) is 33.3 Å². The van der Waals surface area contributed by atoms with Gasteiger partial charge in [-0.25, -0.2) is 0 Å². The highest BCUT2D eigenvalue weighted by atomic mass is 19.4. The van der Waals surface area contributed by atoms with Gasteiger partial charge in [0.2, 0.25) is 0 Å². The maximum absolute atomic E-state index is 12.7. The molecule has 0 aliphatic rings. The number of aromatic nitrogens is 1. The van der Waals surface area contributed by atoms with Crippen molar-refractivity contribution in [2.75, 3.05) is 11.4 Å². The molecule has 114 valence electrons. The summed E-state index contributed by atoms with van der Waals surface area (Å²) in [6, 6.07) is 1.78. The minimum Gasteiger partial charge on any atom is -0.359 e. The number of rotatable bonds is 6. The normalized spacial score (nSPS) is 12.2. The van der Waals surface area contributed by atoms with Gasteiger partial charge in [-0.15, -0.1) is 0 Å². The first-order chi connectivity index (χ1) is 9.20. The molecule has 6 heteroatoms. The number of alkyl halides is 3. The van der Waals surface area contributed by atoms with Crippen LogP contribution in [0.4, 0.5) is 18.9 Å². The standard InChI is InChI=1S/C14H22F3N3/c1-10(2)19-7-12-5-6-18-8-13(12)20(11(3)4)9-14(15,16)17/h5-6,8,10-11,19H,7,9H2,1-4H3. The third kappa shape index (κ3) is 5.36. The van der Waals surface area contributed by atoms with E-state index in [2.05, 4.69) is 10.3 Å². The van der Waals surface area contributed by atoms with Crippen LogP contribution < -0.4 is 10.2 Å². The summed E-state index contributed by atoms with van der Waals surface area (Å²) in [4.78, 5) is 5.31. The number of pyridine rings is 1. The Kier molecular flexibility index (Phi) is 5.80. The monoisotopic (exact) mass is 289 g/mol. The second-order valence-corrected chi connectivity index (χ2v) is 5.38. The molecule has 0 fully saturated rings. The van der Waals surface area contributed by atoms with Crippen molar-refractivity contribution in [2.45, 2.75) is 52.5 Å². The smallest absolute Gasteiger partial charge is 0.359 e. The molecule has 0 aromatic carbocycles. The molecule has 1 N–H and O–H groups in total. The maximum Gasteiger partial charge on any atom is 0.405 e. The van der Waals surface area contributed by atoms with E-state index in [0.717, 1.165) is 5.56 Å². The van der Waals surface area contributed by atoms with Crippen LogP contribution in [-0.2, 0) is 6.54 Å². The fourth-order valence-corrected chi connectivity index (χ4v) is 1.88. The van der Waals surface area contributed by atoms with Gasteiger partial charge in [0.15, 0.2) is 0 Å². The molecule has 0 aliphatic carbocycles. The van der Waals surface area contributed by atoms with Gasteiger partial charge < -0.3 is 10.2 Å². The third-order valence-corrected chi connectivity index (χ3v) is 2.87. The molecule has 0 radical (unpaired) electrons. The van der Waals surface area contributed by atoms with Gasteiger partial charge in [0.25, 0.3) is 0 Å². The molecule has 1 heterocycles. The molecule has 3 nitrogen and oxygen atoms in total. The highest BCUT2D eigenvalue weighted by Gasteiger charge is 2.32. The van der Waals surface area contributed by atoms with Gasteiger partial charge in [-0.3, -0.25) is 4.98 Å². The summed E-state index contributed by atoms with van der Waals surface area (Å²) in [6.45, 7) is 7.05. The molecular formula is C14H22F3N3. The van der Waals surface area contributed by atoms with Crippen LogP contribution in [-0.4, -0.2) is 29.8 Å². The average Bonchev–Trinajstić information content (AvgIpc) is 2.32. The fourth-order valence-electron chi connectivity index (χ4n) is 1.88. The Balaban J connectivity index is 3.01. The van der Waals surface area contributed by atoms with Crippen LogP contribution in [0.25, 0.3) is 0 Å². The Labute approximate surface area is 118 Å². The van der Waals surface area contributed by atoms with Crippen molar-refractivity contribution in [1.29, 1.82) is 0 Å². The van der Waals surface area contributed by atoms with Gasteiger partial charge in [-0.05, 0) is 25.5 Å². The summed E-state index contributed by atoms with van der Waals surface area (Å²) in [7, 11) is 0. The summed E-state index contributed by atoms with van der Waals surface area (Å²) in [5.74, 6) is 0. The zero-order valence-corrected chi connectivity index (χ0v) is 12.3. The van der Waals surface area contributed by atoms with Gasteiger partial charge in [0.1, 0.15) is 6.54 Å². The highest BCUT2D eigenvalue weighted by Crippen LogP contribution is 2.26. The molecule has 1 rings (SSSR count). The largest absolute Gasteiger partial charge is 0.405 e. The highest BCUT2D eigenvalue weighted by molar-refractivity contribution is 5.52. The van der Waals surface area contributed by atoms with Gasteiger partial charge >= 0.3 is 6.18 Å². The van der Waals surface area contributed by atoms with E-state index < -0.39 is 12.7 Å². The Bertz CT molecular complexity index is 416. The Morgan fingerprint density at radius 2 is 1.90 bits per heavy atom. The second kappa shape index (κ2) is 6.92. The molecule has 0 saturated carbocycles. The number of halogens is 3. The van der Waals surface area contributed by atoms with Crippen molar-refractivity contribution >= 4 is 5.69 Å². The van der Waals surface area contributed by atoms with Crippen LogP contribution >= 0.6 is 0 Å². The zero-order chi connectivity index (χ0) is 15.3. The van der Waals surface area contributed by atoms with Gasteiger partial charge in [0, 0.05) is 24.8 Å². The summed E-state index contributed by atoms with van der Waals surface area (Å²) in [5.41, 5.74) is 1.36. The lowest BCUT2D eigenvalue weighted by Gasteiger charge is -2.31.